The van der Waals surface area contributed by atoms with Gasteiger partial charge in [-0.3, -0.25) is 0 Å². The summed E-state index contributed by atoms with van der Waals surface area (Å²) in [6.07, 6.45) is 4.56. The van der Waals surface area contributed by atoms with Gasteiger partial charge in [0, 0.05) is 38.6 Å². The monoisotopic (exact) mass is 319 g/mol. The Balaban J connectivity index is 2.95. The largest absolute Gasteiger partial charge is 0.352 e. The molecule has 0 aliphatic heterocycles. The number of aromatic nitrogens is 1. The SMILES string of the molecule is CNCc1cc(S(=O)(=O)N(C)C(C)CCSC)cn1C. The topological polar surface area (TPSA) is 54.3 Å². The molecular formula is C13H25N3O2S2. The summed E-state index contributed by atoms with van der Waals surface area (Å²) in [6, 6.07) is 1.74. The molecule has 1 unspecified atom stereocenters. The molecule has 1 aromatic rings. The fourth-order valence-corrected chi connectivity index (χ4v) is 4.01. The van der Waals surface area contributed by atoms with E-state index in [-0.39, 0.29) is 6.04 Å². The van der Waals surface area contributed by atoms with Gasteiger partial charge in [-0.05, 0) is 38.5 Å². The van der Waals surface area contributed by atoms with Gasteiger partial charge < -0.3 is 9.88 Å². The summed E-state index contributed by atoms with van der Waals surface area (Å²) in [5.41, 5.74) is 0.955. The molecule has 0 saturated heterocycles. The number of thioether (sulfide) groups is 1. The van der Waals surface area contributed by atoms with Crippen LogP contribution in [0.2, 0.25) is 0 Å². The van der Waals surface area contributed by atoms with Gasteiger partial charge in [0.25, 0.3) is 0 Å². The molecule has 0 fully saturated rings. The van der Waals surface area contributed by atoms with Crippen LogP contribution in [0.1, 0.15) is 19.0 Å². The number of sulfonamides is 1. The molecule has 1 aromatic heterocycles. The second-order valence-corrected chi connectivity index (χ2v) is 7.94. The summed E-state index contributed by atoms with van der Waals surface area (Å²) in [6.45, 7) is 2.60. The number of hydrogen-bond donors (Lipinski definition) is 1. The van der Waals surface area contributed by atoms with Crippen molar-refractivity contribution in [1.29, 1.82) is 0 Å². The smallest absolute Gasteiger partial charge is 0.244 e. The summed E-state index contributed by atoms with van der Waals surface area (Å²) in [4.78, 5) is 0.365. The molecule has 0 aliphatic carbocycles. The van der Waals surface area contributed by atoms with Crippen LogP contribution in [0.4, 0.5) is 0 Å². The summed E-state index contributed by atoms with van der Waals surface area (Å²) in [7, 11) is 1.95. The first-order valence-electron chi connectivity index (χ1n) is 6.61. The molecule has 116 valence electrons. The maximum absolute atomic E-state index is 12.6. The minimum atomic E-state index is -3.41. The zero-order valence-corrected chi connectivity index (χ0v) is 14.5. The van der Waals surface area contributed by atoms with Gasteiger partial charge in [0.1, 0.15) is 4.90 Å². The van der Waals surface area contributed by atoms with Gasteiger partial charge in [-0.15, -0.1) is 0 Å². The quantitative estimate of drug-likeness (QED) is 0.789. The van der Waals surface area contributed by atoms with E-state index in [1.54, 1.807) is 31.1 Å². The van der Waals surface area contributed by atoms with Crippen molar-refractivity contribution in [2.75, 3.05) is 26.1 Å². The zero-order valence-electron chi connectivity index (χ0n) is 12.9. The van der Waals surface area contributed by atoms with Crippen LogP contribution in [0.5, 0.6) is 0 Å². The molecule has 0 aliphatic rings. The van der Waals surface area contributed by atoms with E-state index in [2.05, 4.69) is 5.32 Å². The van der Waals surface area contributed by atoms with Crippen molar-refractivity contribution in [3.05, 3.63) is 18.0 Å². The molecule has 0 radical (unpaired) electrons. The van der Waals surface area contributed by atoms with Crippen molar-refractivity contribution < 1.29 is 8.42 Å². The molecule has 7 heteroatoms. The lowest BCUT2D eigenvalue weighted by Crippen LogP contribution is -2.35. The third-order valence-electron chi connectivity index (χ3n) is 3.48. The van der Waals surface area contributed by atoms with Crippen LogP contribution in [-0.4, -0.2) is 49.4 Å². The molecule has 20 heavy (non-hydrogen) atoms. The van der Waals surface area contributed by atoms with Crippen LogP contribution in [0.15, 0.2) is 17.2 Å². The highest BCUT2D eigenvalue weighted by Gasteiger charge is 2.26. The average Bonchev–Trinajstić information content (AvgIpc) is 2.77. The van der Waals surface area contributed by atoms with Crippen LogP contribution in [0, 0.1) is 0 Å². The molecule has 0 spiro atoms. The molecular weight excluding hydrogens is 294 g/mol. The van der Waals surface area contributed by atoms with Gasteiger partial charge in [-0.2, -0.15) is 16.1 Å². The van der Waals surface area contributed by atoms with Crippen LogP contribution in [0.25, 0.3) is 0 Å². The van der Waals surface area contributed by atoms with Crippen molar-refractivity contribution >= 4 is 21.8 Å². The summed E-state index contributed by atoms with van der Waals surface area (Å²) in [5.74, 6) is 0.959. The number of hydrogen-bond acceptors (Lipinski definition) is 4. The summed E-state index contributed by atoms with van der Waals surface area (Å²) >= 11 is 1.73. The van der Waals surface area contributed by atoms with E-state index in [1.807, 2.05) is 31.8 Å². The predicted octanol–water partition coefficient (Wildman–Crippen LogP) is 1.51. The van der Waals surface area contributed by atoms with Crippen molar-refractivity contribution in [2.45, 2.75) is 30.8 Å². The second kappa shape index (κ2) is 7.49. The van der Waals surface area contributed by atoms with Gasteiger partial charge in [0.05, 0.1) is 0 Å². The number of rotatable bonds is 8. The van der Waals surface area contributed by atoms with Crippen LogP contribution in [-0.2, 0) is 23.6 Å². The molecule has 1 rings (SSSR count). The van der Waals surface area contributed by atoms with Crippen LogP contribution < -0.4 is 5.32 Å². The van der Waals surface area contributed by atoms with Gasteiger partial charge in [-0.1, -0.05) is 0 Å². The Morgan fingerprint density at radius 2 is 2.15 bits per heavy atom. The lowest BCUT2D eigenvalue weighted by Gasteiger charge is -2.23. The highest BCUT2D eigenvalue weighted by Crippen LogP contribution is 2.20. The average molecular weight is 319 g/mol. The van der Waals surface area contributed by atoms with Crippen molar-refractivity contribution in [3.63, 3.8) is 0 Å². The standard InChI is InChI=1S/C13H25N3O2S2/c1-11(6-7-19-5)16(4)20(17,18)13-8-12(9-14-2)15(3)10-13/h8,10-11,14H,6-7,9H2,1-5H3. The normalized spacial score (nSPS) is 13.9. The Kier molecular flexibility index (Phi) is 6.57. The number of aryl methyl sites for hydroxylation is 1. The molecule has 1 heterocycles. The van der Waals surface area contributed by atoms with E-state index < -0.39 is 10.0 Å². The Bertz CT molecular complexity index is 526. The second-order valence-electron chi connectivity index (χ2n) is 4.96. The van der Waals surface area contributed by atoms with Gasteiger partial charge in [0.15, 0.2) is 0 Å². The molecule has 0 bridgehead atoms. The fourth-order valence-electron chi connectivity index (χ4n) is 1.95. The van der Waals surface area contributed by atoms with Gasteiger partial charge in [-0.25, -0.2) is 8.42 Å². The lowest BCUT2D eigenvalue weighted by atomic mass is 10.3. The Morgan fingerprint density at radius 3 is 2.70 bits per heavy atom. The number of nitrogens with one attached hydrogen (secondary N) is 1. The van der Waals surface area contributed by atoms with Crippen molar-refractivity contribution in [1.82, 2.24) is 14.2 Å². The van der Waals surface area contributed by atoms with Gasteiger partial charge >= 0.3 is 0 Å². The molecule has 0 saturated carbocycles. The Morgan fingerprint density at radius 1 is 1.50 bits per heavy atom. The maximum Gasteiger partial charge on any atom is 0.244 e. The Labute approximate surface area is 126 Å². The Hall–Kier alpha value is -0.500. The third-order valence-corrected chi connectivity index (χ3v) is 6.06. The maximum atomic E-state index is 12.6. The van der Waals surface area contributed by atoms with Gasteiger partial charge in [0.2, 0.25) is 10.0 Å². The number of nitrogens with zero attached hydrogens (tertiary/aromatic N) is 2. The molecule has 5 nitrogen and oxygen atoms in total. The van der Waals surface area contributed by atoms with E-state index in [1.165, 1.54) is 4.31 Å². The van der Waals surface area contributed by atoms with E-state index >= 15 is 0 Å². The third kappa shape index (κ3) is 4.00. The highest BCUT2D eigenvalue weighted by molar-refractivity contribution is 7.98. The zero-order chi connectivity index (χ0) is 15.3. The first-order chi connectivity index (χ1) is 9.34. The fraction of sp³-hybridized carbons (Fsp3) is 0.692. The van der Waals surface area contributed by atoms with Crippen LogP contribution in [0.3, 0.4) is 0 Å². The minimum Gasteiger partial charge on any atom is -0.352 e. The van der Waals surface area contributed by atoms with Crippen molar-refractivity contribution in [3.8, 4) is 0 Å². The molecule has 1 N–H and O–H groups in total. The van der Waals surface area contributed by atoms with E-state index in [9.17, 15) is 8.42 Å². The first kappa shape index (κ1) is 17.6. The lowest BCUT2D eigenvalue weighted by molar-refractivity contribution is 0.382. The highest BCUT2D eigenvalue weighted by atomic mass is 32.2. The molecule has 0 aromatic carbocycles. The summed E-state index contributed by atoms with van der Waals surface area (Å²) < 4.78 is 28.5. The summed E-state index contributed by atoms with van der Waals surface area (Å²) in [5, 5.41) is 3.04. The van der Waals surface area contributed by atoms with E-state index in [0.29, 0.717) is 11.4 Å². The first-order valence-corrected chi connectivity index (χ1v) is 9.44. The minimum absolute atomic E-state index is 0.000376. The van der Waals surface area contributed by atoms with Crippen LogP contribution >= 0.6 is 11.8 Å². The van der Waals surface area contributed by atoms with E-state index in [4.69, 9.17) is 0 Å². The molecule has 1 atom stereocenters. The van der Waals surface area contributed by atoms with E-state index in [0.717, 1.165) is 17.9 Å². The molecule has 0 amide bonds. The van der Waals surface area contributed by atoms with Crippen molar-refractivity contribution in [2.24, 2.45) is 7.05 Å². The predicted molar refractivity (Wildman–Crippen MR) is 85.6 cm³/mol.